The average molecular weight is 1590 g/mol. The topological polar surface area (TPSA) is 301 Å². The molecule has 10 heterocycles. The van der Waals surface area contributed by atoms with Crippen LogP contribution in [0.1, 0.15) is 125 Å². The minimum Gasteiger partial charge on any atom is -0.394 e. The maximum absolute atomic E-state index is 13.9. The van der Waals surface area contributed by atoms with Crippen molar-refractivity contribution in [1.29, 1.82) is 0 Å². The van der Waals surface area contributed by atoms with Crippen molar-refractivity contribution in [2.75, 3.05) is 145 Å². The van der Waals surface area contributed by atoms with Crippen LogP contribution in [0.4, 0.5) is 50.5 Å². The van der Waals surface area contributed by atoms with Gasteiger partial charge in [0.1, 0.15) is 35.4 Å². The van der Waals surface area contributed by atoms with E-state index in [-0.39, 0.29) is 43.5 Å². The molecule has 15 rings (SSSR count). The molecule has 7 N–H and O–H groups in total. The van der Waals surface area contributed by atoms with E-state index in [9.17, 15) is 33.5 Å². The van der Waals surface area contributed by atoms with Crippen molar-refractivity contribution in [3.63, 3.8) is 0 Å². The van der Waals surface area contributed by atoms with Gasteiger partial charge in [-0.3, -0.25) is 33.9 Å². The zero-order valence-electron chi connectivity index (χ0n) is 68.8. The van der Waals surface area contributed by atoms with Crippen molar-refractivity contribution in [1.82, 2.24) is 49.6 Å². The lowest BCUT2D eigenvalue weighted by Gasteiger charge is -2.41. The number of carbonyl (C=O) groups excluding carboxylic acids is 5. The fourth-order valence-corrected chi connectivity index (χ4v) is 18.0. The summed E-state index contributed by atoms with van der Waals surface area (Å²) in [7, 11) is 0. The molecule has 4 aromatic heterocycles. The van der Waals surface area contributed by atoms with E-state index in [4.69, 9.17) is 11.5 Å². The summed E-state index contributed by atoms with van der Waals surface area (Å²) in [5, 5.41) is 17.6. The van der Waals surface area contributed by atoms with E-state index in [0.717, 1.165) is 175 Å². The minimum absolute atomic E-state index is 0.00691. The monoisotopic (exact) mass is 1590 g/mol. The van der Waals surface area contributed by atoms with Gasteiger partial charge in [-0.2, -0.15) is 0 Å². The zero-order valence-corrected chi connectivity index (χ0v) is 68.8. The molecular formula is C90H111FN20O6. The second-order valence-electron chi connectivity index (χ2n) is 31.9. The number of piperazine rings is 3. The van der Waals surface area contributed by atoms with E-state index in [1.807, 2.05) is 133 Å². The number of aliphatic hydroxyl groups is 1. The summed E-state index contributed by atoms with van der Waals surface area (Å²) in [6.45, 7) is 27.8. The van der Waals surface area contributed by atoms with Gasteiger partial charge in [0.05, 0.1) is 44.3 Å². The minimum atomic E-state index is -0.576. The molecule has 6 aliphatic heterocycles. The van der Waals surface area contributed by atoms with Gasteiger partial charge in [-0.1, -0.05) is 54.6 Å². The first-order chi connectivity index (χ1) is 56.5. The number of nitrogens with zero attached hydrogens (tertiary/aromatic N) is 16. The fourth-order valence-electron chi connectivity index (χ4n) is 18.0. The SMILES string of the molecule is Cc1cc(C)c(C(=O)N2CCN(c3ccc(F)cn3)[C@H](CO)C2)c(C)c1CC1CCN(c2ncccn2)CC1.Cc1cc(C)c(C(=O)N2CCN(c3ccccc3)[C@@H](C(N)=O)C2)c(C)c1NC1CCN(c2cnccn2)CC1.Cc1cc(C)c(C(=O)N2CCN(c3ccccc3)[C@H](C(N)=O)C2)c(C)c1NC1CCN(c2cnccn2)CC1. The number of rotatable bonds is 18. The van der Waals surface area contributed by atoms with Crippen molar-refractivity contribution >= 4 is 75.7 Å². The number of nitrogens with one attached hydrogen (secondary N) is 2. The lowest BCUT2D eigenvalue weighted by atomic mass is 9.84. The molecule has 27 heteroatoms. The van der Waals surface area contributed by atoms with Crippen LogP contribution in [0, 0.1) is 74.0 Å². The van der Waals surface area contributed by atoms with Crippen molar-refractivity contribution < 1.29 is 33.5 Å². The normalized spacial score (nSPS) is 18.3. The quantitative estimate of drug-likeness (QED) is 0.0533. The molecule has 3 atom stereocenters. The van der Waals surface area contributed by atoms with Crippen LogP contribution in [0.5, 0.6) is 0 Å². The Morgan fingerprint density at radius 1 is 0.427 bits per heavy atom. The maximum Gasteiger partial charge on any atom is 0.254 e. The molecule has 6 aliphatic rings. The van der Waals surface area contributed by atoms with E-state index in [0.29, 0.717) is 80.8 Å². The van der Waals surface area contributed by atoms with Gasteiger partial charge in [-0.25, -0.2) is 29.3 Å². The molecule has 5 amide bonds. The predicted octanol–water partition coefficient (Wildman–Crippen LogP) is 10.3. The third-order valence-corrected chi connectivity index (χ3v) is 24.2. The van der Waals surface area contributed by atoms with Crippen LogP contribution >= 0.6 is 0 Å². The average Bonchev–Trinajstić information content (AvgIpc) is 0.781. The van der Waals surface area contributed by atoms with E-state index in [1.54, 1.807) is 53.0 Å². The van der Waals surface area contributed by atoms with E-state index < -0.39 is 29.7 Å². The lowest BCUT2D eigenvalue weighted by Crippen LogP contribution is -2.59. The van der Waals surface area contributed by atoms with Crippen LogP contribution < -0.4 is 51.5 Å². The van der Waals surface area contributed by atoms with Gasteiger partial charge in [0.2, 0.25) is 17.8 Å². The molecule has 0 aliphatic carbocycles. The largest absolute Gasteiger partial charge is 0.394 e. The summed E-state index contributed by atoms with van der Waals surface area (Å²) in [5.41, 5.74) is 28.3. The number of nitrogens with two attached hydrogens (primary N) is 2. The summed E-state index contributed by atoms with van der Waals surface area (Å²) >= 11 is 0. The Labute approximate surface area is 685 Å². The number of carbonyl (C=O) groups is 5. The number of halogens is 1. The standard InChI is InChI=1S/C30H37FN6O2.2C30H37N7O2/c1-20-15-21(2)28(22(3)26(20)16-23-7-11-35(12-8-23)30-32-9-4-10-33-30)29(39)36-13-14-37(25(18-36)19-38)27-6-5-24(31)17-34-27;2*1-20-17-21(2)28(34-23-9-13-35(14-10-23)26-18-32-11-12-33-26)22(3)27(20)30(39)36-15-16-37(25(19-36)29(31)38)24-7-5-4-6-8-24/h4-6,9-10,15,17,23,25,38H,7-8,11-14,16,18-19H2,1-3H3;2*4-8,11-12,17-18,23,25,34H,9-10,13-16,19H2,1-3H3,(H2,31,38)/t3*25-/m010/s1. The van der Waals surface area contributed by atoms with Gasteiger partial charge in [0.15, 0.2) is 0 Å². The second kappa shape index (κ2) is 37.8. The van der Waals surface area contributed by atoms with Crippen LogP contribution in [-0.2, 0) is 16.0 Å². The molecule has 9 aromatic rings. The van der Waals surface area contributed by atoms with Gasteiger partial charge in [0.25, 0.3) is 17.7 Å². The number of hydrogen-bond acceptors (Lipinski definition) is 21. The first-order valence-corrected chi connectivity index (χ1v) is 41.0. The van der Waals surface area contributed by atoms with Crippen LogP contribution in [0.3, 0.4) is 0 Å². The molecule has 0 saturated carbocycles. The van der Waals surface area contributed by atoms with Gasteiger partial charge in [-0.05, 0) is 211 Å². The van der Waals surface area contributed by atoms with E-state index >= 15 is 0 Å². The van der Waals surface area contributed by atoms with Crippen LogP contribution in [0.2, 0.25) is 0 Å². The third kappa shape index (κ3) is 19.3. The highest BCUT2D eigenvalue weighted by Gasteiger charge is 2.39. The summed E-state index contributed by atoms with van der Waals surface area (Å²) in [4.78, 5) is 115. The maximum atomic E-state index is 13.9. The smallest absolute Gasteiger partial charge is 0.254 e. The van der Waals surface area contributed by atoms with Crippen molar-refractivity contribution in [3.05, 3.63) is 231 Å². The molecule has 0 unspecified atom stereocenters. The molecule has 0 radical (unpaired) electrons. The van der Waals surface area contributed by atoms with Gasteiger partial charge < -0.3 is 71.3 Å². The zero-order chi connectivity index (χ0) is 82.6. The number of benzene rings is 5. The number of hydrogen-bond donors (Lipinski definition) is 5. The van der Waals surface area contributed by atoms with Crippen LogP contribution in [-0.4, -0.2) is 219 Å². The molecule has 0 bridgehead atoms. The van der Waals surface area contributed by atoms with Crippen molar-refractivity contribution in [2.45, 2.75) is 137 Å². The number of aromatic nitrogens is 7. The van der Waals surface area contributed by atoms with Crippen LogP contribution in [0.15, 0.2) is 153 Å². The summed E-state index contributed by atoms with van der Waals surface area (Å²) in [6.07, 6.45) is 22.1. The highest BCUT2D eigenvalue weighted by molar-refractivity contribution is 6.01. The first kappa shape index (κ1) is 83.1. The molecule has 26 nitrogen and oxygen atoms in total. The Morgan fingerprint density at radius 3 is 1.27 bits per heavy atom. The molecule has 117 heavy (non-hydrogen) atoms. The highest BCUT2D eigenvalue weighted by Crippen LogP contribution is 2.37. The van der Waals surface area contributed by atoms with Gasteiger partial charge in [0, 0.05) is 174 Å². The lowest BCUT2D eigenvalue weighted by molar-refractivity contribution is -0.120. The molecule has 5 aromatic carbocycles. The highest BCUT2D eigenvalue weighted by atomic mass is 19.1. The van der Waals surface area contributed by atoms with Gasteiger partial charge >= 0.3 is 0 Å². The predicted molar refractivity (Wildman–Crippen MR) is 458 cm³/mol. The van der Waals surface area contributed by atoms with Crippen LogP contribution in [0.25, 0.3) is 0 Å². The van der Waals surface area contributed by atoms with Gasteiger partial charge in [-0.15, -0.1) is 0 Å². The Balaban J connectivity index is 0.000000152. The number of primary amides is 2. The number of aryl methyl sites for hydroxylation is 6. The Kier molecular flexibility index (Phi) is 26.9. The van der Waals surface area contributed by atoms with E-state index in [2.05, 4.69) is 106 Å². The Morgan fingerprint density at radius 2 is 0.855 bits per heavy atom. The first-order valence-electron chi connectivity index (χ1n) is 41.0. The molecular weight excluding hydrogens is 1480 g/mol. The Hall–Kier alpha value is -11.9. The fraction of sp³-hybridized carbons (Fsp3) is 0.422. The molecule has 0 spiro atoms. The van der Waals surface area contributed by atoms with Crippen molar-refractivity contribution in [3.8, 4) is 0 Å². The van der Waals surface area contributed by atoms with Crippen molar-refractivity contribution in [2.24, 2.45) is 17.4 Å². The molecule has 6 saturated heterocycles. The van der Waals surface area contributed by atoms with E-state index in [1.165, 1.54) is 23.4 Å². The summed E-state index contributed by atoms with van der Waals surface area (Å²) < 4.78 is 13.4. The number of aliphatic hydroxyl groups excluding tert-OH is 1. The third-order valence-electron chi connectivity index (χ3n) is 24.2. The molecule has 614 valence electrons. The number of para-hydroxylation sites is 2. The number of piperidine rings is 3. The summed E-state index contributed by atoms with van der Waals surface area (Å²) in [6, 6.07) is 29.8. The number of anilines is 8. The molecule has 6 fully saturated rings. The number of pyridine rings is 1. The second-order valence-corrected chi connectivity index (χ2v) is 31.9. The summed E-state index contributed by atoms with van der Waals surface area (Å²) in [5.74, 6) is 2.42. The number of amides is 5. The Bertz CT molecular complexity index is 4710.